The normalized spacial score (nSPS) is 10.5. The van der Waals surface area contributed by atoms with Crippen molar-refractivity contribution < 1.29 is 13.9 Å². The van der Waals surface area contributed by atoms with Gasteiger partial charge in [-0.05, 0) is 31.2 Å². The molecule has 1 amide bonds. The quantitative estimate of drug-likeness (QED) is 0.470. The molecule has 0 saturated carbocycles. The maximum atomic E-state index is 13.6. The highest BCUT2D eigenvalue weighted by Gasteiger charge is 2.14. The van der Waals surface area contributed by atoms with E-state index in [0.717, 1.165) is 6.20 Å². The van der Waals surface area contributed by atoms with Gasteiger partial charge in [0.1, 0.15) is 11.6 Å². The van der Waals surface area contributed by atoms with E-state index in [-0.39, 0.29) is 16.9 Å². The molecule has 1 N–H and O–H groups in total. The fraction of sp³-hybridized carbons (Fsp3) is 0.0455. The molecule has 154 valence electrons. The molecule has 31 heavy (non-hydrogen) atoms. The standard InChI is InChI=1S/C22H15ClFN5O2/c1-13-16(9-25-10-18(13)24)22(30)29-20-12-27-19(11-28-20)15-8-14(5-6-17(15)23)31-21-4-2-3-7-26-21/h2-12H,1H3,(H,28,29,30). The second-order valence-corrected chi connectivity index (χ2v) is 6.85. The van der Waals surface area contributed by atoms with Gasteiger partial charge >= 0.3 is 0 Å². The van der Waals surface area contributed by atoms with Gasteiger partial charge in [-0.3, -0.25) is 14.8 Å². The molecule has 0 aliphatic heterocycles. The molecule has 7 nitrogen and oxygen atoms in total. The summed E-state index contributed by atoms with van der Waals surface area (Å²) >= 11 is 6.32. The highest BCUT2D eigenvalue weighted by Crippen LogP contribution is 2.31. The molecule has 0 aliphatic carbocycles. The maximum absolute atomic E-state index is 13.6. The van der Waals surface area contributed by atoms with Gasteiger partial charge in [-0.15, -0.1) is 0 Å². The van der Waals surface area contributed by atoms with E-state index >= 15 is 0 Å². The van der Waals surface area contributed by atoms with Gasteiger partial charge in [0, 0.05) is 29.6 Å². The number of carbonyl (C=O) groups excluding carboxylic acids is 1. The second kappa shape index (κ2) is 8.85. The van der Waals surface area contributed by atoms with Crippen LogP contribution in [0.4, 0.5) is 10.2 Å². The van der Waals surface area contributed by atoms with E-state index < -0.39 is 11.7 Å². The van der Waals surface area contributed by atoms with Crippen LogP contribution in [0.5, 0.6) is 11.6 Å². The van der Waals surface area contributed by atoms with Gasteiger partial charge < -0.3 is 10.1 Å². The smallest absolute Gasteiger partial charge is 0.258 e. The minimum absolute atomic E-state index is 0.119. The van der Waals surface area contributed by atoms with Crippen LogP contribution in [-0.2, 0) is 0 Å². The summed E-state index contributed by atoms with van der Waals surface area (Å²) in [4.78, 5) is 28.7. The van der Waals surface area contributed by atoms with Gasteiger partial charge in [-0.2, -0.15) is 0 Å². The number of hydrogen-bond donors (Lipinski definition) is 1. The Morgan fingerprint density at radius 3 is 2.68 bits per heavy atom. The van der Waals surface area contributed by atoms with Crippen molar-refractivity contribution in [2.45, 2.75) is 6.92 Å². The van der Waals surface area contributed by atoms with Crippen LogP contribution >= 0.6 is 11.6 Å². The molecule has 3 aromatic heterocycles. The van der Waals surface area contributed by atoms with Crippen molar-refractivity contribution in [1.29, 1.82) is 0 Å². The van der Waals surface area contributed by atoms with Gasteiger partial charge in [-0.25, -0.2) is 14.4 Å². The van der Waals surface area contributed by atoms with Crippen molar-refractivity contribution in [2.75, 3.05) is 5.32 Å². The van der Waals surface area contributed by atoms with Crippen molar-refractivity contribution in [3.05, 3.63) is 89.3 Å². The zero-order valence-corrected chi connectivity index (χ0v) is 17.0. The summed E-state index contributed by atoms with van der Waals surface area (Å²) in [6.07, 6.45) is 6.83. The Kier molecular flexibility index (Phi) is 5.81. The predicted octanol–water partition coefficient (Wildman–Crippen LogP) is 5.08. The van der Waals surface area contributed by atoms with Crippen molar-refractivity contribution >= 4 is 23.3 Å². The highest BCUT2D eigenvalue weighted by molar-refractivity contribution is 6.33. The molecule has 0 radical (unpaired) electrons. The van der Waals surface area contributed by atoms with E-state index in [1.807, 2.05) is 6.07 Å². The summed E-state index contributed by atoms with van der Waals surface area (Å²) < 4.78 is 19.4. The number of amides is 1. The zero-order valence-electron chi connectivity index (χ0n) is 16.2. The van der Waals surface area contributed by atoms with E-state index in [2.05, 4.69) is 25.3 Å². The van der Waals surface area contributed by atoms with E-state index in [1.54, 1.807) is 36.5 Å². The summed E-state index contributed by atoms with van der Waals surface area (Å²) in [6.45, 7) is 1.50. The van der Waals surface area contributed by atoms with Crippen molar-refractivity contribution in [3.63, 3.8) is 0 Å². The fourth-order valence-corrected chi connectivity index (χ4v) is 2.95. The van der Waals surface area contributed by atoms with Crippen LogP contribution in [-0.4, -0.2) is 25.8 Å². The molecule has 0 aliphatic rings. The van der Waals surface area contributed by atoms with Crippen LogP contribution in [0, 0.1) is 12.7 Å². The predicted molar refractivity (Wildman–Crippen MR) is 114 cm³/mol. The number of carbonyl (C=O) groups is 1. The Morgan fingerprint density at radius 1 is 1.06 bits per heavy atom. The zero-order chi connectivity index (χ0) is 21.8. The van der Waals surface area contributed by atoms with Crippen molar-refractivity contribution in [2.24, 2.45) is 0 Å². The lowest BCUT2D eigenvalue weighted by molar-refractivity contribution is 0.102. The number of hydrogen-bond acceptors (Lipinski definition) is 6. The average molecular weight is 436 g/mol. The van der Waals surface area contributed by atoms with Gasteiger partial charge in [0.15, 0.2) is 5.82 Å². The topological polar surface area (TPSA) is 89.9 Å². The first-order chi connectivity index (χ1) is 15.0. The molecular weight excluding hydrogens is 421 g/mol. The molecule has 9 heteroatoms. The van der Waals surface area contributed by atoms with E-state index in [4.69, 9.17) is 16.3 Å². The van der Waals surface area contributed by atoms with E-state index in [9.17, 15) is 9.18 Å². The van der Waals surface area contributed by atoms with Crippen LogP contribution in [0.2, 0.25) is 5.02 Å². The average Bonchev–Trinajstić information content (AvgIpc) is 2.78. The first kappa shape index (κ1) is 20.4. The summed E-state index contributed by atoms with van der Waals surface area (Å²) in [6, 6.07) is 10.5. The first-order valence-corrected chi connectivity index (χ1v) is 9.51. The molecule has 4 aromatic rings. The number of nitrogens with zero attached hydrogens (tertiary/aromatic N) is 4. The van der Waals surface area contributed by atoms with E-state index in [1.165, 1.54) is 25.5 Å². The summed E-state index contributed by atoms with van der Waals surface area (Å²) in [5, 5.41) is 3.04. The molecule has 1 aromatic carbocycles. The Labute approximate surface area is 182 Å². The third-order valence-electron chi connectivity index (χ3n) is 4.37. The molecule has 0 bridgehead atoms. The molecule has 0 atom stereocenters. The van der Waals surface area contributed by atoms with Crippen LogP contribution in [0.1, 0.15) is 15.9 Å². The number of pyridine rings is 2. The van der Waals surface area contributed by atoms with Gasteiger partial charge in [0.05, 0.1) is 34.9 Å². The number of anilines is 1. The minimum Gasteiger partial charge on any atom is -0.439 e. The van der Waals surface area contributed by atoms with Crippen LogP contribution in [0.25, 0.3) is 11.3 Å². The SMILES string of the molecule is Cc1c(F)cncc1C(=O)Nc1cnc(-c2cc(Oc3ccccn3)ccc2Cl)cn1. The van der Waals surface area contributed by atoms with Crippen molar-refractivity contribution in [3.8, 4) is 22.9 Å². The molecule has 3 heterocycles. The number of nitrogens with one attached hydrogen (secondary N) is 1. The summed E-state index contributed by atoms with van der Waals surface area (Å²) in [5.41, 5.74) is 1.41. The minimum atomic E-state index is -0.559. The largest absolute Gasteiger partial charge is 0.439 e. The Bertz CT molecular complexity index is 1240. The second-order valence-electron chi connectivity index (χ2n) is 6.45. The third kappa shape index (κ3) is 4.65. The molecule has 0 unspecified atom stereocenters. The Balaban J connectivity index is 1.53. The molecule has 0 fully saturated rings. The first-order valence-electron chi connectivity index (χ1n) is 9.13. The number of benzene rings is 1. The van der Waals surface area contributed by atoms with Gasteiger partial charge in [0.2, 0.25) is 5.88 Å². The lowest BCUT2D eigenvalue weighted by Gasteiger charge is -2.10. The molecular formula is C22H15ClFN5O2. The van der Waals surface area contributed by atoms with Gasteiger partial charge in [-0.1, -0.05) is 17.7 Å². The number of aromatic nitrogens is 4. The van der Waals surface area contributed by atoms with Crippen LogP contribution in [0.15, 0.2) is 67.4 Å². The lowest BCUT2D eigenvalue weighted by Crippen LogP contribution is -2.15. The lowest BCUT2D eigenvalue weighted by atomic mass is 10.1. The van der Waals surface area contributed by atoms with Crippen LogP contribution in [0.3, 0.4) is 0 Å². The fourth-order valence-electron chi connectivity index (χ4n) is 2.74. The summed E-state index contributed by atoms with van der Waals surface area (Å²) in [5.74, 6) is 0.0923. The molecule has 0 spiro atoms. The number of rotatable bonds is 5. The molecule has 4 rings (SSSR count). The van der Waals surface area contributed by atoms with E-state index in [0.29, 0.717) is 27.9 Å². The maximum Gasteiger partial charge on any atom is 0.258 e. The van der Waals surface area contributed by atoms with Crippen LogP contribution < -0.4 is 10.1 Å². The van der Waals surface area contributed by atoms with Gasteiger partial charge in [0.25, 0.3) is 5.91 Å². The van der Waals surface area contributed by atoms with Crippen molar-refractivity contribution in [1.82, 2.24) is 19.9 Å². The summed E-state index contributed by atoms with van der Waals surface area (Å²) in [7, 11) is 0. The number of halogens is 2. The third-order valence-corrected chi connectivity index (χ3v) is 4.70. The monoisotopic (exact) mass is 435 g/mol. The number of ether oxygens (including phenoxy) is 1. The Morgan fingerprint density at radius 2 is 1.94 bits per heavy atom. The molecule has 0 saturated heterocycles. The Hall–Kier alpha value is -3.91. The highest BCUT2D eigenvalue weighted by atomic mass is 35.5.